The van der Waals surface area contributed by atoms with Crippen molar-refractivity contribution in [1.82, 2.24) is 20.1 Å². The fourth-order valence-corrected chi connectivity index (χ4v) is 3.99. The molecule has 5 rings (SSSR count). The van der Waals surface area contributed by atoms with Crippen LogP contribution in [0.3, 0.4) is 0 Å². The first kappa shape index (κ1) is 18.5. The summed E-state index contributed by atoms with van der Waals surface area (Å²) in [6.45, 7) is 1.30. The minimum atomic E-state index is -0.264. The van der Waals surface area contributed by atoms with Gasteiger partial charge in [0.1, 0.15) is 5.69 Å². The number of amides is 2. The molecule has 0 atom stereocenters. The number of hydrogen-bond acceptors (Lipinski definition) is 5. The Labute approximate surface area is 174 Å². The van der Waals surface area contributed by atoms with E-state index in [-0.39, 0.29) is 12.8 Å². The van der Waals surface area contributed by atoms with E-state index >= 15 is 0 Å². The van der Waals surface area contributed by atoms with Crippen molar-refractivity contribution in [2.45, 2.75) is 32.2 Å². The third-order valence-electron chi connectivity index (χ3n) is 5.40. The molecule has 1 aromatic carbocycles. The predicted octanol–water partition coefficient (Wildman–Crippen LogP) is 3.37. The van der Waals surface area contributed by atoms with Crippen molar-refractivity contribution in [2.24, 2.45) is 0 Å². The van der Waals surface area contributed by atoms with E-state index in [0.717, 1.165) is 24.2 Å². The predicted molar refractivity (Wildman–Crippen MR) is 112 cm³/mol. The lowest BCUT2D eigenvalue weighted by atomic mass is 9.95. The van der Waals surface area contributed by atoms with Crippen molar-refractivity contribution >= 4 is 11.7 Å². The van der Waals surface area contributed by atoms with Gasteiger partial charge in [-0.25, -0.2) is 4.79 Å². The van der Waals surface area contributed by atoms with Gasteiger partial charge >= 0.3 is 6.03 Å². The molecule has 8 nitrogen and oxygen atoms in total. The molecule has 3 heterocycles. The molecule has 2 N–H and O–H groups in total. The van der Waals surface area contributed by atoms with Gasteiger partial charge in [-0.15, -0.1) is 0 Å². The average molecular weight is 405 g/mol. The van der Waals surface area contributed by atoms with Crippen molar-refractivity contribution in [3.05, 3.63) is 53.9 Å². The fraction of sp³-hybridized carbons (Fsp3) is 0.318. The second-order valence-electron chi connectivity index (χ2n) is 7.37. The molecule has 3 aromatic rings. The lowest BCUT2D eigenvalue weighted by Crippen LogP contribution is -2.32. The van der Waals surface area contributed by atoms with Crippen LogP contribution in [0.2, 0.25) is 0 Å². The molecule has 30 heavy (non-hydrogen) atoms. The van der Waals surface area contributed by atoms with Crippen molar-refractivity contribution in [3.63, 3.8) is 0 Å². The van der Waals surface area contributed by atoms with E-state index in [2.05, 4.69) is 15.6 Å². The Balaban J connectivity index is 1.23. The molecule has 0 saturated carbocycles. The van der Waals surface area contributed by atoms with Crippen LogP contribution in [0.15, 0.2) is 42.6 Å². The van der Waals surface area contributed by atoms with Gasteiger partial charge in [-0.3, -0.25) is 9.67 Å². The van der Waals surface area contributed by atoms with Gasteiger partial charge < -0.3 is 20.1 Å². The third kappa shape index (κ3) is 3.68. The number of carbonyl (C=O) groups is 1. The summed E-state index contributed by atoms with van der Waals surface area (Å²) in [6, 6.07) is 11.0. The Hall–Kier alpha value is -3.55. The van der Waals surface area contributed by atoms with Crippen molar-refractivity contribution in [2.75, 3.05) is 18.7 Å². The molecule has 0 spiro atoms. The number of urea groups is 1. The third-order valence-corrected chi connectivity index (χ3v) is 5.40. The number of pyridine rings is 1. The lowest BCUT2D eigenvalue weighted by molar-refractivity contribution is 0.174. The molecule has 0 saturated heterocycles. The van der Waals surface area contributed by atoms with E-state index in [0.29, 0.717) is 30.3 Å². The number of fused-ring (bicyclic) bond motifs is 2. The minimum Gasteiger partial charge on any atom is -0.454 e. The van der Waals surface area contributed by atoms with Crippen LogP contribution < -0.4 is 20.1 Å². The normalized spacial score (nSPS) is 14.3. The number of ether oxygens (including phenoxy) is 2. The first-order valence-electron chi connectivity index (χ1n) is 10.2. The number of benzene rings is 1. The van der Waals surface area contributed by atoms with Gasteiger partial charge in [-0.2, -0.15) is 5.10 Å². The van der Waals surface area contributed by atoms with Gasteiger partial charge in [0.15, 0.2) is 11.5 Å². The fourth-order valence-electron chi connectivity index (χ4n) is 3.99. The molecular weight excluding hydrogens is 382 g/mol. The van der Waals surface area contributed by atoms with Crippen molar-refractivity contribution in [3.8, 4) is 22.9 Å². The molecule has 2 aromatic heterocycles. The Morgan fingerprint density at radius 3 is 2.90 bits per heavy atom. The highest BCUT2D eigenvalue weighted by molar-refractivity contribution is 5.89. The maximum atomic E-state index is 12.3. The largest absolute Gasteiger partial charge is 0.454 e. The highest BCUT2D eigenvalue weighted by Crippen LogP contribution is 2.34. The van der Waals surface area contributed by atoms with Gasteiger partial charge in [0.2, 0.25) is 6.79 Å². The summed E-state index contributed by atoms with van der Waals surface area (Å²) >= 11 is 0. The molecule has 154 valence electrons. The number of aromatic nitrogens is 3. The monoisotopic (exact) mass is 405 g/mol. The second kappa shape index (κ2) is 8.06. The summed E-state index contributed by atoms with van der Waals surface area (Å²) in [5, 5.41) is 10.6. The number of rotatable bonds is 5. The smallest absolute Gasteiger partial charge is 0.319 e. The number of hydrogen-bond donors (Lipinski definition) is 2. The van der Waals surface area contributed by atoms with E-state index in [1.54, 1.807) is 24.4 Å². The molecular formula is C22H23N5O3. The molecule has 0 radical (unpaired) electrons. The number of nitrogens with zero attached hydrogens (tertiary/aromatic N) is 3. The maximum Gasteiger partial charge on any atom is 0.319 e. The Morgan fingerprint density at radius 1 is 1.10 bits per heavy atom. The zero-order valence-electron chi connectivity index (χ0n) is 16.6. The van der Waals surface area contributed by atoms with Gasteiger partial charge in [-0.05, 0) is 49.9 Å². The van der Waals surface area contributed by atoms with E-state index < -0.39 is 0 Å². The van der Waals surface area contributed by atoms with Gasteiger partial charge in [0, 0.05) is 35.8 Å². The Kier molecular flexibility index (Phi) is 4.96. The van der Waals surface area contributed by atoms with Crippen molar-refractivity contribution < 1.29 is 14.3 Å². The second-order valence-corrected chi connectivity index (χ2v) is 7.37. The maximum absolute atomic E-state index is 12.3. The molecule has 0 fully saturated rings. The molecule has 2 amide bonds. The van der Waals surface area contributed by atoms with E-state index in [9.17, 15) is 4.79 Å². The summed E-state index contributed by atoms with van der Waals surface area (Å²) in [6.07, 6.45) is 6.18. The lowest BCUT2D eigenvalue weighted by Gasteiger charge is -2.14. The number of carbonyl (C=O) groups excluding carboxylic acids is 1. The summed E-state index contributed by atoms with van der Waals surface area (Å²) < 4.78 is 12.7. The first-order valence-corrected chi connectivity index (χ1v) is 10.2. The van der Waals surface area contributed by atoms with Gasteiger partial charge in [0.05, 0.1) is 12.2 Å². The van der Waals surface area contributed by atoms with Crippen LogP contribution in [0.25, 0.3) is 11.4 Å². The summed E-state index contributed by atoms with van der Waals surface area (Å²) in [5.41, 5.74) is 5.09. The van der Waals surface area contributed by atoms with Crippen LogP contribution >= 0.6 is 0 Å². The van der Waals surface area contributed by atoms with Crippen LogP contribution in [0, 0.1) is 0 Å². The zero-order valence-corrected chi connectivity index (χ0v) is 16.6. The van der Waals surface area contributed by atoms with E-state index in [4.69, 9.17) is 14.6 Å². The van der Waals surface area contributed by atoms with Gasteiger partial charge in [-0.1, -0.05) is 6.07 Å². The number of nitrogens with one attached hydrogen (secondary N) is 2. The Bertz CT molecular complexity index is 1060. The van der Waals surface area contributed by atoms with E-state index in [1.165, 1.54) is 24.1 Å². The van der Waals surface area contributed by atoms with E-state index in [1.807, 2.05) is 22.9 Å². The van der Waals surface area contributed by atoms with Gasteiger partial charge in [0.25, 0.3) is 0 Å². The summed E-state index contributed by atoms with van der Waals surface area (Å²) in [5.74, 6) is 1.33. The van der Waals surface area contributed by atoms with Crippen LogP contribution in [0.1, 0.15) is 24.1 Å². The summed E-state index contributed by atoms with van der Waals surface area (Å²) in [7, 11) is 0. The highest BCUT2D eigenvalue weighted by atomic mass is 16.7. The molecule has 1 aliphatic heterocycles. The zero-order chi connectivity index (χ0) is 20.3. The highest BCUT2D eigenvalue weighted by Gasteiger charge is 2.22. The Morgan fingerprint density at radius 2 is 2.00 bits per heavy atom. The quantitative estimate of drug-likeness (QED) is 0.679. The molecule has 2 aliphatic rings. The number of anilines is 1. The standard InChI is InChI=1S/C22H23N5O3/c28-22(25-15-8-9-19-20(13-15)30-14-29-19)24-11-12-27-18-7-2-1-5-16(18)21(26-27)17-6-3-4-10-23-17/h3-4,6,8-10,13H,1-2,5,7,11-12,14H2,(H2,24,25,28). The topological polar surface area (TPSA) is 90.3 Å². The van der Waals surface area contributed by atoms with Crippen molar-refractivity contribution in [1.29, 1.82) is 0 Å². The van der Waals surface area contributed by atoms with Crippen LogP contribution in [0.4, 0.5) is 10.5 Å². The molecule has 8 heteroatoms. The van der Waals surface area contributed by atoms with Crippen LogP contribution in [-0.2, 0) is 19.4 Å². The van der Waals surface area contributed by atoms with Crippen LogP contribution in [0.5, 0.6) is 11.5 Å². The molecule has 0 unspecified atom stereocenters. The SMILES string of the molecule is O=C(NCCn1nc(-c2ccccn2)c2c1CCCC2)Nc1ccc2c(c1)OCO2. The first-order chi connectivity index (χ1) is 14.8. The molecule has 0 bridgehead atoms. The molecule has 1 aliphatic carbocycles. The summed E-state index contributed by atoms with van der Waals surface area (Å²) in [4.78, 5) is 16.8. The average Bonchev–Trinajstić information content (AvgIpc) is 3.39. The minimum absolute atomic E-state index is 0.208. The van der Waals surface area contributed by atoms with Crippen LogP contribution in [-0.4, -0.2) is 34.1 Å².